The zero-order valence-electron chi connectivity index (χ0n) is 27.0. The standard InChI is InChI=1S/C37H48N6/c1-8-12-28-17-18-32(38-27(28)6)13-11-14-34-24-33(40-42(34)7)21-30(19-25(2)3)31-20-29(26(4)5)22-35(23-31)43-37-16-10-9-15-36(37)39-41-43/h9-10,15-18,20,23-24,26,30,35H,2,8,11-14,19,21-22H2,1,3-7H3. The van der Waals surface area contributed by atoms with Gasteiger partial charge in [0, 0.05) is 24.1 Å². The van der Waals surface area contributed by atoms with Crippen LogP contribution in [-0.2, 0) is 32.7 Å². The van der Waals surface area contributed by atoms with Gasteiger partial charge in [-0.05, 0) is 106 Å². The maximum atomic E-state index is 4.98. The van der Waals surface area contributed by atoms with Gasteiger partial charge in [0.15, 0.2) is 0 Å². The van der Waals surface area contributed by atoms with Crippen molar-refractivity contribution in [2.45, 2.75) is 92.0 Å². The van der Waals surface area contributed by atoms with Gasteiger partial charge in [0.05, 0.1) is 17.3 Å². The third-order valence-corrected chi connectivity index (χ3v) is 8.80. The van der Waals surface area contributed by atoms with Crippen molar-refractivity contribution in [1.29, 1.82) is 0 Å². The summed E-state index contributed by atoms with van der Waals surface area (Å²) in [6, 6.07) is 15.2. The van der Waals surface area contributed by atoms with E-state index < -0.39 is 0 Å². The highest BCUT2D eigenvalue weighted by Crippen LogP contribution is 2.37. The van der Waals surface area contributed by atoms with E-state index in [1.807, 2.05) is 12.1 Å². The summed E-state index contributed by atoms with van der Waals surface area (Å²) in [6.45, 7) is 15.4. The van der Waals surface area contributed by atoms with Gasteiger partial charge in [0.2, 0.25) is 0 Å². The monoisotopic (exact) mass is 576 g/mol. The molecule has 0 saturated heterocycles. The number of fused-ring (bicyclic) bond motifs is 1. The number of benzene rings is 1. The van der Waals surface area contributed by atoms with Crippen LogP contribution in [0.5, 0.6) is 0 Å². The highest BCUT2D eigenvalue weighted by Gasteiger charge is 2.26. The van der Waals surface area contributed by atoms with Crippen LogP contribution in [0.3, 0.4) is 0 Å². The number of aryl methyl sites for hydroxylation is 5. The smallest absolute Gasteiger partial charge is 0.113 e. The van der Waals surface area contributed by atoms with Crippen LogP contribution in [-0.4, -0.2) is 29.8 Å². The molecule has 3 heterocycles. The van der Waals surface area contributed by atoms with Gasteiger partial charge in [-0.15, -0.1) is 11.7 Å². The maximum Gasteiger partial charge on any atom is 0.113 e. The van der Waals surface area contributed by atoms with Crippen LogP contribution in [0.1, 0.15) is 87.8 Å². The largest absolute Gasteiger partial charge is 0.272 e. The minimum atomic E-state index is 0.144. The average molecular weight is 577 g/mol. The van der Waals surface area contributed by atoms with Crippen LogP contribution in [0, 0.1) is 18.8 Å². The lowest BCUT2D eigenvalue weighted by Crippen LogP contribution is -2.19. The number of hydrogen-bond acceptors (Lipinski definition) is 4. The minimum absolute atomic E-state index is 0.144. The molecule has 1 aromatic carbocycles. The van der Waals surface area contributed by atoms with Crippen molar-refractivity contribution in [2.75, 3.05) is 0 Å². The molecule has 0 saturated carbocycles. The molecule has 2 unspecified atom stereocenters. The summed E-state index contributed by atoms with van der Waals surface area (Å²) < 4.78 is 4.18. The molecule has 0 radical (unpaired) electrons. The lowest BCUT2D eigenvalue weighted by molar-refractivity contribution is 0.489. The molecule has 5 rings (SSSR count). The molecule has 3 aromatic heterocycles. The van der Waals surface area contributed by atoms with E-state index in [2.05, 4.69) is 110 Å². The number of pyridine rings is 1. The zero-order chi connectivity index (χ0) is 30.5. The van der Waals surface area contributed by atoms with Crippen LogP contribution in [0.25, 0.3) is 11.0 Å². The number of rotatable bonds is 13. The second-order valence-electron chi connectivity index (χ2n) is 12.8. The van der Waals surface area contributed by atoms with Crippen molar-refractivity contribution in [2.24, 2.45) is 18.9 Å². The van der Waals surface area contributed by atoms with Gasteiger partial charge >= 0.3 is 0 Å². The van der Waals surface area contributed by atoms with Crippen molar-refractivity contribution in [3.05, 3.63) is 106 Å². The van der Waals surface area contributed by atoms with Gasteiger partial charge in [0.25, 0.3) is 0 Å². The van der Waals surface area contributed by atoms with Crippen molar-refractivity contribution in [3.63, 3.8) is 0 Å². The van der Waals surface area contributed by atoms with Crippen molar-refractivity contribution in [3.8, 4) is 0 Å². The number of aromatic nitrogens is 6. The molecule has 6 nitrogen and oxygen atoms in total. The summed E-state index contributed by atoms with van der Waals surface area (Å²) in [5, 5.41) is 14.0. The quantitative estimate of drug-likeness (QED) is 0.150. The van der Waals surface area contributed by atoms with E-state index in [4.69, 9.17) is 10.1 Å². The molecule has 6 heteroatoms. The Hall–Kier alpha value is -3.80. The molecule has 0 N–H and O–H groups in total. The van der Waals surface area contributed by atoms with Gasteiger partial charge in [0.1, 0.15) is 5.52 Å². The number of nitrogens with zero attached hydrogens (tertiary/aromatic N) is 6. The number of allylic oxidation sites excluding steroid dienone is 5. The highest BCUT2D eigenvalue weighted by molar-refractivity contribution is 5.74. The highest BCUT2D eigenvalue weighted by atomic mass is 15.4. The molecule has 0 bridgehead atoms. The third kappa shape index (κ3) is 7.41. The SMILES string of the molecule is C=C(C)CC(Cc1cc(CCCc2ccc(CCC)c(C)n2)n(C)n1)C1=CC(n2nnc3ccccc32)CC(C(C)C)=C1. The predicted molar refractivity (Wildman–Crippen MR) is 177 cm³/mol. The summed E-state index contributed by atoms with van der Waals surface area (Å²) >= 11 is 0. The topological polar surface area (TPSA) is 61.4 Å². The Balaban J connectivity index is 1.33. The first-order chi connectivity index (χ1) is 20.7. The second kappa shape index (κ2) is 13.7. The Bertz CT molecular complexity index is 1630. The molecule has 226 valence electrons. The van der Waals surface area contributed by atoms with E-state index in [0.29, 0.717) is 11.8 Å². The fourth-order valence-corrected chi connectivity index (χ4v) is 6.44. The molecule has 2 atom stereocenters. The van der Waals surface area contributed by atoms with Gasteiger partial charge in [-0.1, -0.05) is 73.9 Å². The van der Waals surface area contributed by atoms with Gasteiger partial charge < -0.3 is 0 Å². The van der Waals surface area contributed by atoms with E-state index in [1.54, 1.807) is 0 Å². The maximum absolute atomic E-state index is 4.98. The van der Waals surface area contributed by atoms with Gasteiger partial charge in [-0.3, -0.25) is 9.67 Å². The molecule has 1 aliphatic rings. The molecule has 43 heavy (non-hydrogen) atoms. The van der Waals surface area contributed by atoms with Crippen molar-refractivity contribution >= 4 is 11.0 Å². The molecule has 0 fully saturated rings. The van der Waals surface area contributed by atoms with E-state index in [0.717, 1.165) is 68.1 Å². The summed E-state index contributed by atoms with van der Waals surface area (Å²) in [6.07, 6.45) is 12.9. The van der Waals surface area contributed by atoms with Crippen molar-refractivity contribution in [1.82, 2.24) is 29.8 Å². The number of hydrogen-bond donors (Lipinski definition) is 0. The summed E-state index contributed by atoms with van der Waals surface area (Å²) in [7, 11) is 2.08. The Labute approximate surface area is 257 Å². The fraction of sp³-hybridized carbons (Fsp3) is 0.459. The molecular formula is C37H48N6. The Morgan fingerprint density at radius 3 is 2.63 bits per heavy atom. The predicted octanol–water partition coefficient (Wildman–Crippen LogP) is 8.27. The molecule has 0 aliphatic heterocycles. The lowest BCUT2D eigenvalue weighted by Gasteiger charge is -2.28. The fourth-order valence-electron chi connectivity index (χ4n) is 6.44. The first kappa shape index (κ1) is 30.7. The molecule has 1 aliphatic carbocycles. The normalized spacial score (nSPS) is 16.0. The first-order valence-electron chi connectivity index (χ1n) is 16.1. The van der Waals surface area contributed by atoms with E-state index in [1.165, 1.54) is 39.4 Å². The Kier molecular flexibility index (Phi) is 9.74. The van der Waals surface area contributed by atoms with E-state index >= 15 is 0 Å². The summed E-state index contributed by atoms with van der Waals surface area (Å²) in [4.78, 5) is 4.88. The van der Waals surface area contributed by atoms with Crippen LogP contribution in [0.15, 0.2) is 77.9 Å². The van der Waals surface area contributed by atoms with Crippen LogP contribution in [0.4, 0.5) is 0 Å². The summed E-state index contributed by atoms with van der Waals surface area (Å²) in [5.74, 6) is 0.773. The number of para-hydroxylation sites is 1. The summed E-state index contributed by atoms with van der Waals surface area (Å²) in [5.41, 5.74) is 12.2. The minimum Gasteiger partial charge on any atom is -0.272 e. The molecule has 0 amide bonds. The zero-order valence-corrected chi connectivity index (χ0v) is 27.0. The van der Waals surface area contributed by atoms with Gasteiger partial charge in [-0.25, -0.2) is 4.68 Å². The van der Waals surface area contributed by atoms with Crippen molar-refractivity contribution < 1.29 is 0 Å². The lowest BCUT2D eigenvalue weighted by atomic mass is 9.80. The average Bonchev–Trinajstić information content (AvgIpc) is 3.56. The Morgan fingerprint density at radius 2 is 1.88 bits per heavy atom. The third-order valence-electron chi connectivity index (χ3n) is 8.80. The van der Waals surface area contributed by atoms with E-state index in [9.17, 15) is 0 Å². The van der Waals surface area contributed by atoms with Crippen LogP contribution >= 0.6 is 0 Å². The molecule has 4 aromatic rings. The van der Waals surface area contributed by atoms with Crippen LogP contribution < -0.4 is 0 Å². The Morgan fingerprint density at radius 1 is 1.07 bits per heavy atom. The molecule has 0 spiro atoms. The second-order valence-corrected chi connectivity index (χ2v) is 12.8. The van der Waals surface area contributed by atoms with Crippen LogP contribution in [0.2, 0.25) is 0 Å². The van der Waals surface area contributed by atoms with Gasteiger partial charge in [-0.2, -0.15) is 5.10 Å². The van der Waals surface area contributed by atoms with E-state index in [-0.39, 0.29) is 6.04 Å². The first-order valence-corrected chi connectivity index (χ1v) is 16.1. The molecular weight excluding hydrogens is 528 g/mol.